The SMILES string of the molecule is CCCN(CCC)Cc1cc(C(C)NC[C@@H](O)[C@H](Cc2ccccc2)NC(=O)c2ccc(N3CCN(C)CC3)cc2)ccc1O. The molecule has 4 rings (SSSR count). The number of piperazine rings is 1. The third kappa shape index (κ3) is 10.3. The zero-order valence-corrected chi connectivity index (χ0v) is 27.6. The Morgan fingerprint density at radius 2 is 1.60 bits per heavy atom. The van der Waals surface area contributed by atoms with Gasteiger partial charge in [-0.1, -0.05) is 50.2 Å². The third-order valence-corrected chi connectivity index (χ3v) is 8.79. The van der Waals surface area contributed by atoms with Crippen LogP contribution in [0.15, 0.2) is 72.8 Å². The molecule has 0 spiro atoms. The number of likely N-dealkylation sites (N-methyl/N-ethyl adjacent to an activating group) is 1. The van der Waals surface area contributed by atoms with Gasteiger partial charge in [0, 0.05) is 62.1 Å². The zero-order valence-electron chi connectivity index (χ0n) is 27.6. The maximum Gasteiger partial charge on any atom is 0.251 e. The maximum absolute atomic E-state index is 13.4. The first-order valence-corrected chi connectivity index (χ1v) is 16.6. The molecule has 3 aromatic carbocycles. The van der Waals surface area contributed by atoms with E-state index in [0.29, 0.717) is 30.8 Å². The van der Waals surface area contributed by atoms with E-state index in [9.17, 15) is 15.0 Å². The van der Waals surface area contributed by atoms with Crippen molar-refractivity contribution in [2.24, 2.45) is 0 Å². The minimum absolute atomic E-state index is 0.0556. The summed E-state index contributed by atoms with van der Waals surface area (Å²) in [6.07, 6.45) is 1.83. The highest BCUT2D eigenvalue weighted by Crippen LogP contribution is 2.24. The molecule has 4 N–H and O–H groups in total. The Hall–Kier alpha value is -3.43. The topological polar surface area (TPSA) is 91.3 Å². The number of phenols is 1. The monoisotopic (exact) mass is 615 g/mol. The second-order valence-electron chi connectivity index (χ2n) is 12.5. The number of anilines is 1. The van der Waals surface area contributed by atoms with Crippen LogP contribution in [0.3, 0.4) is 0 Å². The van der Waals surface area contributed by atoms with E-state index in [1.54, 1.807) is 6.07 Å². The number of nitrogens with zero attached hydrogens (tertiary/aromatic N) is 3. The van der Waals surface area contributed by atoms with Crippen molar-refractivity contribution in [1.29, 1.82) is 0 Å². The Morgan fingerprint density at radius 3 is 2.24 bits per heavy atom. The van der Waals surface area contributed by atoms with Crippen molar-refractivity contribution in [3.8, 4) is 5.75 Å². The summed E-state index contributed by atoms with van der Waals surface area (Å²) in [5.74, 6) is 0.116. The molecule has 45 heavy (non-hydrogen) atoms. The molecule has 8 heteroatoms. The van der Waals surface area contributed by atoms with Gasteiger partial charge in [0.25, 0.3) is 5.91 Å². The van der Waals surface area contributed by atoms with Gasteiger partial charge in [0.1, 0.15) is 5.75 Å². The van der Waals surface area contributed by atoms with Crippen LogP contribution in [0, 0.1) is 0 Å². The number of benzene rings is 3. The Balaban J connectivity index is 1.40. The van der Waals surface area contributed by atoms with Crippen molar-refractivity contribution < 1.29 is 15.0 Å². The molecule has 3 atom stereocenters. The van der Waals surface area contributed by atoms with Gasteiger partial charge in [0.15, 0.2) is 0 Å². The van der Waals surface area contributed by atoms with Crippen molar-refractivity contribution in [2.75, 3.05) is 57.8 Å². The average molecular weight is 616 g/mol. The van der Waals surface area contributed by atoms with E-state index in [4.69, 9.17) is 0 Å². The van der Waals surface area contributed by atoms with Crippen LogP contribution in [0.5, 0.6) is 5.75 Å². The second kappa shape index (κ2) is 17.3. The fourth-order valence-corrected chi connectivity index (χ4v) is 5.99. The molecule has 0 aromatic heterocycles. The first-order chi connectivity index (χ1) is 21.8. The van der Waals surface area contributed by atoms with Gasteiger partial charge >= 0.3 is 0 Å². The summed E-state index contributed by atoms with van der Waals surface area (Å²) in [5, 5.41) is 28.6. The van der Waals surface area contributed by atoms with E-state index in [-0.39, 0.29) is 11.9 Å². The van der Waals surface area contributed by atoms with Crippen LogP contribution in [0.1, 0.15) is 66.7 Å². The molecule has 1 unspecified atom stereocenters. The summed E-state index contributed by atoms with van der Waals surface area (Å²) in [5.41, 5.74) is 4.71. The predicted octanol–water partition coefficient (Wildman–Crippen LogP) is 4.82. The molecular weight excluding hydrogens is 562 g/mol. The fraction of sp³-hybridized carbons (Fsp3) is 0.486. The fourth-order valence-electron chi connectivity index (χ4n) is 5.99. The molecule has 244 valence electrons. The van der Waals surface area contributed by atoms with Gasteiger partial charge in [0.2, 0.25) is 0 Å². The number of amides is 1. The largest absolute Gasteiger partial charge is 0.508 e. The first kappa shape index (κ1) is 34.4. The molecule has 0 bridgehead atoms. The summed E-state index contributed by atoms with van der Waals surface area (Å²) in [7, 11) is 2.14. The summed E-state index contributed by atoms with van der Waals surface area (Å²) < 4.78 is 0. The first-order valence-electron chi connectivity index (χ1n) is 16.6. The Morgan fingerprint density at radius 1 is 0.933 bits per heavy atom. The number of phenolic OH excluding ortho intramolecular Hbond substituents is 1. The summed E-state index contributed by atoms with van der Waals surface area (Å²) in [6, 6.07) is 23.0. The lowest BCUT2D eigenvalue weighted by atomic mass is 9.99. The van der Waals surface area contributed by atoms with Crippen LogP contribution in [-0.2, 0) is 13.0 Å². The molecule has 1 amide bonds. The van der Waals surface area contributed by atoms with Crippen LogP contribution < -0.4 is 15.5 Å². The molecular formula is C37H53N5O3. The zero-order chi connectivity index (χ0) is 32.2. The second-order valence-corrected chi connectivity index (χ2v) is 12.5. The number of rotatable bonds is 16. The minimum atomic E-state index is -0.817. The summed E-state index contributed by atoms with van der Waals surface area (Å²) in [4.78, 5) is 20.4. The highest BCUT2D eigenvalue weighted by atomic mass is 16.3. The molecule has 1 fully saturated rings. The van der Waals surface area contributed by atoms with E-state index in [1.807, 2.05) is 60.7 Å². The van der Waals surface area contributed by atoms with Crippen molar-refractivity contribution >= 4 is 11.6 Å². The minimum Gasteiger partial charge on any atom is -0.508 e. The highest BCUT2D eigenvalue weighted by Gasteiger charge is 2.24. The number of hydrogen-bond acceptors (Lipinski definition) is 7. The highest BCUT2D eigenvalue weighted by molar-refractivity contribution is 5.94. The predicted molar refractivity (Wildman–Crippen MR) is 184 cm³/mol. The lowest BCUT2D eigenvalue weighted by Crippen LogP contribution is -2.49. The Labute approximate surface area is 270 Å². The molecule has 8 nitrogen and oxygen atoms in total. The van der Waals surface area contributed by atoms with E-state index >= 15 is 0 Å². The standard InChI is InChI=1S/C37H53N5O3/c1-5-18-41(19-6-2)27-32-25-31(14-17-35(32)43)28(3)38-26-36(44)34(24-29-10-8-7-9-11-29)39-37(45)30-12-15-33(16-13-30)42-22-20-40(4)21-23-42/h7-17,25,28,34,36,38,43-44H,5-6,18-24,26-27H2,1-4H3,(H,39,45)/t28?,34-,36+/m0/s1. The van der Waals surface area contributed by atoms with Crippen LogP contribution in [0.25, 0.3) is 0 Å². The Kier molecular flexibility index (Phi) is 13.3. The van der Waals surface area contributed by atoms with Crippen LogP contribution in [0.4, 0.5) is 5.69 Å². The van der Waals surface area contributed by atoms with E-state index in [1.165, 1.54) is 0 Å². The Bertz CT molecular complexity index is 1310. The molecule has 1 heterocycles. The lowest BCUT2D eigenvalue weighted by Gasteiger charge is -2.34. The summed E-state index contributed by atoms with van der Waals surface area (Å²) >= 11 is 0. The number of nitrogens with one attached hydrogen (secondary N) is 2. The number of carbonyl (C=O) groups is 1. The van der Waals surface area contributed by atoms with Gasteiger partial charge in [-0.15, -0.1) is 0 Å². The van der Waals surface area contributed by atoms with Crippen molar-refractivity contribution in [3.63, 3.8) is 0 Å². The van der Waals surface area contributed by atoms with Gasteiger partial charge in [-0.25, -0.2) is 0 Å². The molecule has 1 saturated heterocycles. The van der Waals surface area contributed by atoms with Gasteiger partial charge in [-0.3, -0.25) is 9.69 Å². The third-order valence-electron chi connectivity index (χ3n) is 8.79. The normalized spacial score (nSPS) is 16.0. The van der Waals surface area contributed by atoms with E-state index in [2.05, 4.69) is 59.2 Å². The van der Waals surface area contributed by atoms with Gasteiger partial charge in [-0.05, 0) is 93.8 Å². The smallest absolute Gasteiger partial charge is 0.251 e. The average Bonchev–Trinajstić information content (AvgIpc) is 3.05. The van der Waals surface area contributed by atoms with Crippen molar-refractivity contribution in [3.05, 3.63) is 95.1 Å². The number of aliphatic hydroxyl groups excluding tert-OH is 1. The van der Waals surface area contributed by atoms with Crippen molar-refractivity contribution in [2.45, 2.75) is 64.8 Å². The van der Waals surface area contributed by atoms with Crippen LogP contribution in [-0.4, -0.2) is 90.9 Å². The number of aromatic hydroxyl groups is 1. The van der Waals surface area contributed by atoms with Gasteiger partial charge in [-0.2, -0.15) is 0 Å². The maximum atomic E-state index is 13.4. The van der Waals surface area contributed by atoms with E-state index < -0.39 is 12.1 Å². The molecule has 1 aliphatic rings. The molecule has 3 aromatic rings. The lowest BCUT2D eigenvalue weighted by molar-refractivity contribution is 0.0826. The number of carbonyl (C=O) groups excluding carboxylic acids is 1. The van der Waals surface area contributed by atoms with Crippen molar-refractivity contribution in [1.82, 2.24) is 20.4 Å². The van der Waals surface area contributed by atoms with E-state index in [0.717, 1.165) is 74.5 Å². The molecule has 0 saturated carbocycles. The molecule has 1 aliphatic heterocycles. The van der Waals surface area contributed by atoms with Gasteiger partial charge in [0.05, 0.1) is 12.1 Å². The number of aliphatic hydroxyl groups is 1. The number of hydrogen-bond donors (Lipinski definition) is 4. The van der Waals surface area contributed by atoms with Gasteiger partial charge < -0.3 is 30.6 Å². The molecule has 0 aliphatic carbocycles. The quantitative estimate of drug-likeness (QED) is 0.184. The summed E-state index contributed by atoms with van der Waals surface area (Å²) in [6.45, 7) is 13.4. The van der Waals surface area contributed by atoms with Crippen LogP contribution >= 0.6 is 0 Å². The van der Waals surface area contributed by atoms with Crippen LogP contribution in [0.2, 0.25) is 0 Å². The molecule has 0 radical (unpaired) electrons.